The Labute approximate surface area is 138 Å². The molecule has 0 amide bonds. The Bertz CT molecular complexity index is 989. The van der Waals surface area contributed by atoms with Gasteiger partial charge in [0.05, 0.1) is 32.2 Å². The summed E-state index contributed by atoms with van der Waals surface area (Å²) in [4.78, 5) is 13.8. The van der Waals surface area contributed by atoms with Crippen molar-refractivity contribution in [1.29, 1.82) is 0 Å². The number of fused-ring (bicyclic) bond motifs is 6. The Kier molecular flexibility index (Phi) is 2.64. The molecule has 1 aliphatic heterocycles. The normalized spacial score (nSPS) is 13.2. The lowest BCUT2D eigenvalue weighted by Gasteiger charge is -2.31. The highest BCUT2D eigenvalue weighted by Gasteiger charge is 2.25. The summed E-state index contributed by atoms with van der Waals surface area (Å²) in [5.41, 5.74) is 4.51. The molecule has 3 heterocycles. The minimum Gasteiger partial charge on any atom is -0.342 e. The standard InChI is InChI=1S/C19H13N3S/c1-22-18-12-6-2-4-8-14(12)20-10-16(18)23-17-11-21-15-9-5-3-7-13(15)19(17)22/h2-11H,1H3. The van der Waals surface area contributed by atoms with Gasteiger partial charge in [-0.25, -0.2) is 0 Å². The number of hydrogen-bond acceptors (Lipinski definition) is 4. The fourth-order valence-corrected chi connectivity index (χ4v) is 4.42. The molecular weight excluding hydrogens is 302 g/mol. The highest BCUT2D eigenvalue weighted by atomic mass is 32.2. The SMILES string of the molecule is CN1c2c(cnc3ccccc23)Sc2cnc3ccccc3c21. The van der Waals surface area contributed by atoms with E-state index in [9.17, 15) is 0 Å². The number of nitrogens with zero attached hydrogens (tertiary/aromatic N) is 3. The Morgan fingerprint density at radius 3 is 1.74 bits per heavy atom. The monoisotopic (exact) mass is 315 g/mol. The van der Waals surface area contributed by atoms with Crippen LogP contribution in [0.15, 0.2) is 70.7 Å². The van der Waals surface area contributed by atoms with Crippen molar-refractivity contribution in [1.82, 2.24) is 9.97 Å². The Morgan fingerprint density at radius 2 is 1.22 bits per heavy atom. The highest BCUT2D eigenvalue weighted by molar-refractivity contribution is 7.99. The second-order valence-corrected chi connectivity index (χ2v) is 6.72. The van der Waals surface area contributed by atoms with Crippen molar-refractivity contribution < 1.29 is 0 Å². The van der Waals surface area contributed by atoms with E-state index >= 15 is 0 Å². The molecular formula is C19H13N3S. The molecule has 2 aromatic heterocycles. The molecule has 0 spiro atoms. The summed E-state index contributed by atoms with van der Waals surface area (Å²) >= 11 is 1.75. The second kappa shape index (κ2) is 4.70. The molecule has 0 unspecified atom stereocenters. The molecule has 0 atom stereocenters. The zero-order valence-electron chi connectivity index (χ0n) is 12.5. The first-order valence-electron chi connectivity index (χ1n) is 7.50. The van der Waals surface area contributed by atoms with E-state index in [2.05, 4.69) is 58.3 Å². The summed E-state index contributed by atoms with van der Waals surface area (Å²) in [7, 11) is 2.14. The van der Waals surface area contributed by atoms with Gasteiger partial charge in [0.25, 0.3) is 0 Å². The summed E-state index contributed by atoms with van der Waals surface area (Å²) in [6.45, 7) is 0. The van der Waals surface area contributed by atoms with E-state index < -0.39 is 0 Å². The molecule has 0 aliphatic carbocycles. The second-order valence-electron chi connectivity index (χ2n) is 5.64. The van der Waals surface area contributed by atoms with Gasteiger partial charge in [-0.2, -0.15) is 0 Å². The van der Waals surface area contributed by atoms with Gasteiger partial charge in [-0.05, 0) is 12.1 Å². The van der Waals surface area contributed by atoms with Crippen LogP contribution >= 0.6 is 11.8 Å². The zero-order valence-corrected chi connectivity index (χ0v) is 13.3. The van der Waals surface area contributed by atoms with E-state index in [1.165, 1.54) is 31.9 Å². The largest absolute Gasteiger partial charge is 0.342 e. The Balaban J connectivity index is 1.86. The number of hydrogen-bond donors (Lipinski definition) is 0. The molecule has 1 aliphatic rings. The molecule has 2 aromatic carbocycles. The van der Waals surface area contributed by atoms with Crippen LogP contribution in [0.1, 0.15) is 0 Å². The van der Waals surface area contributed by atoms with Crippen LogP contribution in [-0.2, 0) is 0 Å². The average Bonchev–Trinajstić information content (AvgIpc) is 2.61. The topological polar surface area (TPSA) is 29.0 Å². The molecule has 0 saturated carbocycles. The van der Waals surface area contributed by atoms with Gasteiger partial charge in [-0.15, -0.1) is 0 Å². The fourth-order valence-electron chi connectivity index (χ4n) is 3.29. The van der Waals surface area contributed by atoms with Crippen molar-refractivity contribution in [3.63, 3.8) is 0 Å². The summed E-state index contributed by atoms with van der Waals surface area (Å²) < 4.78 is 0. The van der Waals surface area contributed by atoms with E-state index in [-0.39, 0.29) is 0 Å². The van der Waals surface area contributed by atoms with Crippen LogP contribution in [0.5, 0.6) is 0 Å². The first-order chi connectivity index (χ1) is 11.3. The minimum absolute atomic E-state index is 1.03. The molecule has 4 heteroatoms. The van der Waals surface area contributed by atoms with E-state index in [1.807, 2.05) is 24.5 Å². The molecule has 0 bridgehead atoms. The molecule has 3 nitrogen and oxygen atoms in total. The lowest BCUT2D eigenvalue weighted by atomic mass is 10.1. The molecule has 0 radical (unpaired) electrons. The van der Waals surface area contributed by atoms with E-state index in [1.54, 1.807) is 11.8 Å². The van der Waals surface area contributed by atoms with Crippen LogP contribution in [0.4, 0.5) is 11.4 Å². The smallest absolute Gasteiger partial charge is 0.0723 e. The lowest BCUT2D eigenvalue weighted by Crippen LogP contribution is -2.16. The highest BCUT2D eigenvalue weighted by Crippen LogP contribution is 2.51. The van der Waals surface area contributed by atoms with Gasteiger partial charge in [0.1, 0.15) is 0 Å². The van der Waals surface area contributed by atoms with Crippen LogP contribution in [-0.4, -0.2) is 17.0 Å². The van der Waals surface area contributed by atoms with Crippen LogP contribution in [0.3, 0.4) is 0 Å². The number of aromatic nitrogens is 2. The third kappa shape index (κ3) is 1.79. The van der Waals surface area contributed by atoms with Crippen molar-refractivity contribution in [3.05, 3.63) is 60.9 Å². The number of para-hydroxylation sites is 2. The Hall–Kier alpha value is -2.59. The number of benzene rings is 2. The van der Waals surface area contributed by atoms with Crippen molar-refractivity contribution in [2.24, 2.45) is 0 Å². The molecule has 0 fully saturated rings. The van der Waals surface area contributed by atoms with Crippen molar-refractivity contribution in [3.8, 4) is 0 Å². The number of rotatable bonds is 0. The van der Waals surface area contributed by atoms with Gasteiger partial charge in [-0.1, -0.05) is 48.2 Å². The molecule has 0 N–H and O–H groups in total. The van der Waals surface area contributed by atoms with Crippen LogP contribution < -0.4 is 4.90 Å². The average molecular weight is 315 g/mol. The predicted octanol–water partition coefficient (Wildman–Crippen LogP) is 5.02. The molecule has 5 rings (SSSR count). The first kappa shape index (κ1) is 12.9. The van der Waals surface area contributed by atoms with Gasteiger partial charge in [-0.3, -0.25) is 9.97 Å². The quantitative estimate of drug-likeness (QED) is 0.456. The number of anilines is 2. The third-order valence-corrected chi connectivity index (χ3v) is 5.35. The Morgan fingerprint density at radius 1 is 0.739 bits per heavy atom. The minimum atomic E-state index is 1.03. The van der Waals surface area contributed by atoms with Crippen molar-refractivity contribution in [2.45, 2.75) is 9.79 Å². The van der Waals surface area contributed by atoms with E-state index in [0.29, 0.717) is 0 Å². The maximum atomic E-state index is 4.60. The van der Waals surface area contributed by atoms with Crippen LogP contribution in [0.25, 0.3) is 21.8 Å². The van der Waals surface area contributed by atoms with Gasteiger partial charge >= 0.3 is 0 Å². The van der Waals surface area contributed by atoms with Gasteiger partial charge < -0.3 is 4.90 Å². The summed E-state index contributed by atoms with van der Waals surface area (Å²) in [6.07, 6.45) is 3.94. The lowest BCUT2D eigenvalue weighted by molar-refractivity contribution is 1.10. The van der Waals surface area contributed by atoms with Crippen molar-refractivity contribution in [2.75, 3.05) is 11.9 Å². The van der Waals surface area contributed by atoms with Gasteiger partial charge in [0.2, 0.25) is 0 Å². The fraction of sp³-hybridized carbons (Fsp3) is 0.0526. The summed E-state index contributed by atoms with van der Waals surface area (Å²) in [6, 6.07) is 16.6. The molecule has 0 saturated heterocycles. The van der Waals surface area contributed by atoms with Crippen LogP contribution in [0, 0.1) is 0 Å². The van der Waals surface area contributed by atoms with Gasteiger partial charge in [0.15, 0.2) is 0 Å². The zero-order chi connectivity index (χ0) is 15.4. The molecule has 23 heavy (non-hydrogen) atoms. The van der Waals surface area contributed by atoms with Crippen molar-refractivity contribution >= 4 is 44.9 Å². The number of pyridine rings is 2. The predicted molar refractivity (Wildman–Crippen MR) is 95.7 cm³/mol. The maximum absolute atomic E-state index is 4.60. The summed E-state index contributed by atoms with van der Waals surface area (Å²) in [5.74, 6) is 0. The molecule has 110 valence electrons. The van der Waals surface area contributed by atoms with Crippen LogP contribution in [0.2, 0.25) is 0 Å². The van der Waals surface area contributed by atoms with Gasteiger partial charge in [0, 0.05) is 30.2 Å². The van der Waals surface area contributed by atoms with E-state index in [4.69, 9.17) is 0 Å². The maximum Gasteiger partial charge on any atom is 0.0723 e. The third-order valence-electron chi connectivity index (χ3n) is 4.32. The first-order valence-corrected chi connectivity index (χ1v) is 8.31. The van der Waals surface area contributed by atoms with E-state index in [0.717, 1.165) is 11.0 Å². The molecule has 4 aromatic rings. The summed E-state index contributed by atoms with van der Waals surface area (Å²) in [5, 5.41) is 2.37.